The van der Waals surface area contributed by atoms with Crippen molar-refractivity contribution in [2.75, 3.05) is 13.2 Å². The van der Waals surface area contributed by atoms with Crippen molar-refractivity contribution in [2.24, 2.45) is 0 Å². The van der Waals surface area contributed by atoms with E-state index in [2.05, 4.69) is 15.1 Å². The van der Waals surface area contributed by atoms with Crippen LogP contribution >= 0.6 is 34.3 Å². The lowest BCUT2D eigenvalue weighted by Crippen LogP contribution is -2.43. The lowest BCUT2D eigenvalue weighted by molar-refractivity contribution is -0.138. The zero-order chi connectivity index (χ0) is 25.8. The van der Waals surface area contributed by atoms with Gasteiger partial charge in [0.05, 0.1) is 28.2 Å². The third kappa shape index (κ3) is 4.40. The summed E-state index contributed by atoms with van der Waals surface area (Å²) in [6, 6.07) is 1.83. The van der Waals surface area contributed by atoms with Gasteiger partial charge < -0.3 is 14.7 Å². The zero-order valence-corrected chi connectivity index (χ0v) is 20.6. The minimum atomic E-state index is -4.57. The number of carbonyl (C=O) groups is 2. The van der Waals surface area contributed by atoms with E-state index in [9.17, 15) is 27.9 Å². The second-order valence-electron chi connectivity index (χ2n) is 7.80. The number of aryl methyl sites for hydroxylation is 1. The highest BCUT2D eigenvalue weighted by Gasteiger charge is 2.39. The van der Waals surface area contributed by atoms with Crippen LogP contribution in [0.3, 0.4) is 0 Å². The average Bonchev–Trinajstić information content (AvgIpc) is 3.51. The first-order chi connectivity index (χ1) is 17.0. The summed E-state index contributed by atoms with van der Waals surface area (Å²) in [4.78, 5) is 35.8. The van der Waals surface area contributed by atoms with Crippen molar-refractivity contribution in [3.8, 4) is 5.75 Å². The lowest BCUT2D eigenvalue weighted by atomic mass is 10.0. The molecule has 1 aliphatic heterocycles. The molecule has 0 saturated carbocycles. The minimum absolute atomic E-state index is 0.00697. The van der Waals surface area contributed by atoms with Crippen LogP contribution in [0, 0.1) is 6.92 Å². The molecule has 36 heavy (non-hydrogen) atoms. The topological polar surface area (TPSA) is 110 Å². The summed E-state index contributed by atoms with van der Waals surface area (Å²) in [6.45, 7) is 1.55. The smallest absolute Gasteiger partial charge is 0.416 e. The number of hydrogen-bond donors (Lipinski definition) is 1. The molecule has 4 heterocycles. The fraction of sp³-hybridized carbons (Fsp3) is 0.286. The minimum Gasteiger partial charge on any atom is -0.482 e. The number of carboxylic acid groups (broad SMARTS) is 1. The maximum Gasteiger partial charge on any atom is 0.416 e. The molecule has 1 atom stereocenters. The van der Waals surface area contributed by atoms with E-state index >= 15 is 0 Å². The Morgan fingerprint density at radius 2 is 2.08 bits per heavy atom. The zero-order valence-electron chi connectivity index (χ0n) is 18.2. The maximum absolute atomic E-state index is 13.3. The molecule has 0 bridgehead atoms. The molecule has 3 aromatic heterocycles. The second kappa shape index (κ2) is 9.01. The fourth-order valence-electron chi connectivity index (χ4n) is 3.91. The number of hydrogen-bond acceptors (Lipinski definition) is 8. The summed E-state index contributed by atoms with van der Waals surface area (Å²) in [5, 5.41) is 14.7. The van der Waals surface area contributed by atoms with Crippen molar-refractivity contribution >= 4 is 51.1 Å². The second-order valence-corrected chi connectivity index (χ2v) is 10.4. The van der Waals surface area contributed by atoms with Gasteiger partial charge in [-0.05, 0) is 25.1 Å². The summed E-state index contributed by atoms with van der Waals surface area (Å²) in [5.41, 5.74) is 0.394. The van der Waals surface area contributed by atoms with Crippen LogP contribution < -0.4 is 4.74 Å². The summed E-state index contributed by atoms with van der Waals surface area (Å²) >= 11 is 8.26. The number of amides is 1. The monoisotopic (exact) mass is 557 g/mol. The average molecular weight is 558 g/mol. The Morgan fingerprint density at radius 1 is 1.31 bits per heavy atom. The Kier molecular flexibility index (Phi) is 6.12. The van der Waals surface area contributed by atoms with Crippen LogP contribution in [0.1, 0.15) is 42.7 Å². The largest absolute Gasteiger partial charge is 0.482 e. The highest BCUT2D eigenvalue weighted by Crippen LogP contribution is 2.39. The van der Waals surface area contributed by atoms with Gasteiger partial charge in [-0.1, -0.05) is 22.9 Å². The Morgan fingerprint density at radius 3 is 2.75 bits per heavy atom. The molecule has 1 amide bonds. The van der Waals surface area contributed by atoms with Crippen LogP contribution in [-0.2, 0) is 17.4 Å². The SMILES string of the molecule is Cc1nn2c3c(nc2s1)CCN(C(=O)COc1ccc(C(F)(F)F)cc1Cl)C3c1ncc(C(=O)O)s1. The normalized spacial score (nSPS) is 15.8. The number of aromatic nitrogens is 4. The molecule has 1 N–H and O–H groups in total. The molecule has 1 aliphatic rings. The molecule has 0 radical (unpaired) electrons. The van der Waals surface area contributed by atoms with Crippen molar-refractivity contribution in [2.45, 2.75) is 25.6 Å². The van der Waals surface area contributed by atoms with E-state index in [0.29, 0.717) is 22.1 Å². The number of fused-ring (bicyclic) bond motifs is 3. The first-order valence-electron chi connectivity index (χ1n) is 10.4. The lowest BCUT2D eigenvalue weighted by Gasteiger charge is -2.34. The van der Waals surface area contributed by atoms with Crippen LogP contribution in [0.5, 0.6) is 5.75 Å². The number of ether oxygens (including phenoxy) is 1. The van der Waals surface area contributed by atoms with Gasteiger partial charge in [-0.3, -0.25) is 4.79 Å². The van der Waals surface area contributed by atoms with E-state index in [4.69, 9.17) is 16.3 Å². The maximum atomic E-state index is 13.3. The molecular weight excluding hydrogens is 543 g/mol. The van der Waals surface area contributed by atoms with Crippen molar-refractivity contribution in [1.29, 1.82) is 0 Å². The number of alkyl halides is 3. The molecule has 15 heteroatoms. The number of halogens is 4. The first kappa shape index (κ1) is 24.5. The number of aromatic carboxylic acids is 1. The quantitative estimate of drug-likeness (QED) is 0.385. The van der Waals surface area contributed by atoms with Crippen molar-refractivity contribution in [1.82, 2.24) is 24.5 Å². The highest BCUT2D eigenvalue weighted by atomic mass is 35.5. The van der Waals surface area contributed by atoms with E-state index < -0.39 is 36.3 Å². The number of imidazole rings is 1. The standard InChI is InChI=1S/C21H15ClF3N5O4S2/c1-9-28-30-16-12(27-20(30)35-9)4-5-29(17(16)18-26-7-14(36-18)19(32)33)15(31)8-34-13-3-2-10(6-11(13)22)21(23,24)25/h2-3,6-7,17H,4-5,8H2,1H3,(H,32,33). The van der Waals surface area contributed by atoms with Crippen LogP contribution in [0.25, 0.3) is 4.96 Å². The Bertz CT molecular complexity index is 1500. The third-order valence-electron chi connectivity index (χ3n) is 5.47. The van der Waals surface area contributed by atoms with Gasteiger partial charge in [0.2, 0.25) is 4.96 Å². The summed E-state index contributed by atoms with van der Waals surface area (Å²) in [6.07, 6.45) is -2.92. The molecule has 0 saturated heterocycles. The van der Waals surface area contributed by atoms with Gasteiger partial charge in [0, 0.05) is 13.0 Å². The first-order valence-corrected chi connectivity index (χ1v) is 12.4. The molecule has 9 nitrogen and oxygen atoms in total. The number of carbonyl (C=O) groups excluding carboxylic acids is 1. The Labute approximate surface area is 213 Å². The Balaban J connectivity index is 1.46. The molecule has 1 unspecified atom stereocenters. The van der Waals surface area contributed by atoms with Crippen LogP contribution in [-0.4, -0.2) is 54.6 Å². The number of nitrogens with zero attached hydrogens (tertiary/aromatic N) is 5. The highest BCUT2D eigenvalue weighted by molar-refractivity contribution is 7.16. The summed E-state index contributed by atoms with van der Waals surface area (Å²) in [5.74, 6) is -1.71. The van der Waals surface area contributed by atoms with Crippen LogP contribution in [0.15, 0.2) is 24.4 Å². The molecule has 188 valence electrons. The van der Waals surface area contributed by atoms with Crippen molar-refractivity contribution < 1.29 is 32.6 Å². The molecule has 5 rings (SSSR count). The fourth-order valence-corrected chi connectivity index (χ4v) is 5.79. The summed E-state index contributed by atoms with van der Waals surface area (Å²) in [7, 11) is 0. The van der Waals surface area contributed by atoms with Crippen LogP contribution in [0.4, 0.5) is 13.2 Å². The molecular formula is C21H15ClF3N5O4S2. The van der Waals surface area contributed by atoms with E-state index in [-0.39, 0.29) is 22.2 Å². The number of rotatable bonds is 5. The molecule has 1 aromatic carbocycles. The van der Waals surface area contributed by atoms with E-state index in [1.807, 2.05) is 6.92 Å². The van der Waals surface area contributed by atoms with Crippen LogP contribution in [0.2, 0.25) is 5.02 Å². The third-order valence-corrected chi connectivity index (χ3v) is 7.63. The number of thiazole rings is 1. The van der Waals surface area contributed by atoms with Crippen molar-refractivity contribution in [3.05, 3.63) is 61.3 Å². The van der Waals surface area contributed by atoms with Gasteiger partial charge in [0.15, 0.2) is 6.61 Å². The van der Waals surface area contributed by atoms with Gasteiger partial charge in [-0.2, -0.15) is 18.3 Å². The van der Waals surface area contributed by atoms with E-state index in [1.54, 1.807) is 4.52 Å². The molecule has 0 aliphatic carbocycles. The van der Waals surface area contributed by atoms with E-state index in [1.165, 1.54) is 22.4 Å². The molecule has 4 aromatic rings. The predicted molar refractivity (Wildman–Crippen MR) is 124 cm³/mol. The van der Waals surface area contributed by atoms with Gasteiger partial charge >= 0.3 is 12.1 Å². The van der Waals surface area contributed by atoms with Crippen molar-refractivity contribution in [3.63, 3.8) is 0 Å². The van der Waals surface area contributed by atoms with Gasteiger partial charge in [0.1, 0.15) is 26.7 Å². The predicted octanol–water partition coefficient (Wildman–Crippen LogP) is 4.48. The van der Waals surface area contributed by atoms with Gasteiger partial charge in [-0.25, -0.2) is 19.3 Å². The van der Waals surface area contributed by atoms with Gasteiger partial charge in [-0.15, -0.1) is 11.3 Å². The summed E-state index contributed by atoms with van der Waals surface area (Å²) < 4.78 is 45.8. The number of benzene rings is 1. The molecule has 0 spiro atoms. The number of carboxylic acids is 1. The van der Waals surface area contributed by atoms with E-state index in [0.717, 1.165) is 40.2 Å². The molecule has 0 fully saturated rings. The Hall–Kier alpha value is -3.23. The van der Waals surface area contributed by atoms with Gasteiger partial charge in [0.25, 0.3) is 5.91 Å².